The van der Waals surface area contributed by atoms with E-state index in [4.69, 9.17) is 18.9 Å². The minimum Gasteiger partial charge on any atom is -0.494 e. The second-order valence-corrected chi connectivity index (χ2v) is 9.32. The van der Waals surface area contributed by atoms with E-state index in [0.717, 1.165) is 28.3 Å². The molecule has 2 aliphatic rings. The van der Waals surface area contributed by atoms with E-state index in [1.807, 2.05) is 75.3 Å². The summed E-state index contributed by atoms with van der Waals surface area (Å²) in [5.41, 5.74) is 6.18. The molecule has 0 radical (unpaired) electrons. The Hall–Kier alpha value is -3.78. The molecule has 2 aliphatic heterocycles. The van der Waals surface area contributed by atoms with Crippen molar-refractivity contribution in [2.75, 3.05) is 6.61 Å². The summed E-state index contributed by atoms with van der Waals surface area (Å²) < 4.78 is 17.2. The molecule has 1 fully saturated rings. The van der Waals surface area contributed by atoms with E-state index in [1.165, 1.54) is 0 Å². The minimum absolute atomic E-state index is 0.0394. The molecule has 8 nitrogen and oxygen atoms in total. The van der Waals surface area contributed by atoms with Crippen molar-refractivity contribution in [2.45, 2.75) is 58.8 Å². The molecule has 2 aromatic carbocycles. The van der Waals surface area contributed by atoms with Gasteiger partial charge in [-0.1, -0.05) is 12.1 Å². The summed E-state index contributed by atoms with van der Waals surface area (Å²) in [6, 6.07) is 15.5. The minimum atomic E-state index is -0.272. The number of carbonyl (C=O) groups excluding carboxylic acids is 1. The van der Waals surface area contributed by atoms with Crippen LogP contribution in [0.15, 0.2) is 65.3 Å². The fourth-order valence-electron chi connectivity index (χ4n) is 4.56. The lowest BCUT2D eigenvalue weighted by Gasteiger charge is -2.31. The zero-order valence-electron chi connectivity index (χ0n) is 21.1. The van der Waals surface area contributed by atoms with Gasteiger partial charge in [0, 0.05) is 18.0 Å². The third-order valence-corrected chi connectivity index (χ3v) is 6.35. The molecule has 188 valence electrons. The number of nitrogens with zero attached hydrogens (tertiary/aromatic N) is 3. The summed E-state index contributed by atoms with van der Waals surface area (Å²) in [5, 5.41) is 1.90. The molecule has 36 heavy (non-hydrogen) atoms. The average molecular weight is 489 g/mol. The van der Waals surface area contributed by atoms with E-state index in [0.29, 0.717) is 31.2 Å². The van der Waals surface area contributed by atoms with Gasteiger partial charge in [0.2, 0.25) is 5.89 Å². The van der Waals surface area contributed by atoms with Crippen molar-refractivity contribution in [2.24, 2.45) is 0 Å². The summed E-state index contributed by atoms with van der Waals surface area (Å²) in [5.74, 6) is 2.93. The van der Waals surface area contributed by atoms with Crippen molar-refractivity contribution in [1.29, 1.82) is 0 Å². The van der Waals surface area contributed by atoms with E-state index in [-0.39, 0.29) is 24.1 Å². The van der Waals surface area contributed by atoms with Crippen LogP contribution in [0.1, 0.15) is 50.3 Å². The first-order chi connectivity index (χ1) is 17.4. The van der Waals surface area contributed by atoms with Gasteiger partial charge in [-0.2, -0.15) is 0 Å². The Kier molecular flexibility index (Phi) is 6.69. The van der Waals surface area contributed by atoms with Gasteiger partial charge >= 0.3 is 0 Å². The summed E-state index contributed by atoms with van der Waals surface area (Å²) in [7, 11) is 0. The van der Waals surface area contributed by atoms with Gasteiger partial charge in [-0.25, -0.2) is 10.4 Å². The van der Waals surface area contributed by atoms with Crippen molar-refractivity contribution < 1.29 is 18.7 Å². The van der Waals surface area contributed by atoms with Gasteiger partial charge in [-0.05, 0) is 76.1 Å². The Labute approximate surface area is 211 Å². The third kappa shape index (κ3) is 4.95. The lowest BCUT2D eigenvalue weighted by atomic mass is 10.0. The number of hydrogen-bond donors (Lipinski definition) is 1. The maximum absolute atomic E-state index is 13.3. The quantitative estimate of drug-likeness (QED) is 0.480. The van der Waals surface area contributed by atoms with Crippen molar-refractivity contribution in [3.63, 3.8) is 0 Å². The van der Waals surface area contributed by atoms with E-state index in [1.54, 1.807) is 11.1 Å². The third-order valence-electron chi connectivity index (χ3n) is 6.35. The Morgan fingerprint density at radius 3 is 2.50 bits per heavy atom. The normalized spacial score (nSPS) is 19.2. The lowest BCUT2D eigenvalue weighted by molar-refractivity contribution is -0.135. The number of hydrogen-bond acceptors (Lipinski definition) is 7. The van der Waals surface area contributed by atoms with Crippen molar-refractivity contribution >= 4 is 5.91 Å². The maximum Gasteiger partial charge on any atom is 0.251 e. The monoisotopic (exact) mass is 488 g/mol. The highest BCUT2D eigenvalue weighted by Gasteiger charge is 2.40. The molecule has 1 saturated heterocycles. The number of oxazole rings is 1. The number of benzene rings is 2. The molecular weight excluding hydrogens is 456 g/mol. The second-order valence-electron chi connectivity index (χ2n) is 9.32. The first-order valence-corrected chi connectivity index (χ1v) is 12.4. The van der Waals surface area contributed by atoms with E-state index < -0.39 is 0 Å². The molecule has 8 heteroatoms. The number of carbonyl (C=O) groups is 1. The SMILES string of the molecule is CCOc1ccc(C2CC3C(=O)N(Cc4nc(-c5ccc(OC(C)C)cc5)oc4C)C=CN3N2)cc1. The van der Waals surface area contributed by atoms with Crippen LogP contribution in [-0.4, -0.2) is 39.6 Å². The molecule has 3 heterocycles. The fourth-order valence-corrected chi connectivity index (χ4v) is 4.56. The van der Waals surface area contributed by atoms with Gasteiger partial charge in [0.15, 0.2) is 0 Å². The summed E-state index contributed by atoms with van der Waals surface area (Å²) in [6.45, 7) is 8.83. The Balaban J connectivity index is 1.25. The molecule has 2 atom stereocenters. The summed E-state index contributed by atoms with van der Waals surface area (Å²) in [4.78, 5) is 19.8. The van der Waals surface area contributed by atoms with Gasteiger partial charge in [-0.3, -0.25) is 4.79 Å². The van der Waals surface area contributed by atoms with Gasteiger partial charge in [0.1, 0.15) is 29.0 Å². The van der Waals surface area contributed by atoms with Crippen LogP contribution in [0.5, 0.6) is 11.5 Å². The predicted octanol–water partition coefficient (Wildman–Crippen LogP) is 4.97. The average Bonchev–Trinajstić information content (AvgIpc) is 3.46. The van der Waals surface area contributed by atoms with Crippen molar-refractivity contribution in [3.05, 3.63) is 77.9 Å². The number of aromatic nitrogens is 1. The second kappa shape index (κ2) is 10.1. The molecule has 0 spiro atoms. The van der Waals surface area contributed by atoms with Gasteiger partial charge in [0.25, 0.3) is 5.91 Å². The molecule has 1 aromatic heterocycles. The molecule has 1 N–H and O–H groups in total. The number of nitrogens with one attached hydrogen (secondary N) is 1. The Morgan fingerprint density at radius 1 is 1.08 bits per heavy atom. The lowest BCUT2D eigenvalue weighted by Crippen LogP contribution is -2.47. The Bertz CT molecular complexity index is 1230. The first kappa shape index (κ1) is 23.9. The van der Waals surface area contributed by atoms with Crippen LogP contribution in [0.2, 0.25) is 0 Å². The van der Waals surface area contributed by atoms with Gasteiger partial charge < -0.3 is 23.8 Å². The highest BCUT2D eigenvalue weighted by Crippen LogP contribution is 2.32. The zero-order chi connectivity index (χ0) is 25.2. The van der Waals surface area contributed by atoms with Crippen LogP contribution in [0, 0.1) is 6.92 Å². The van der Waals surface area contributed by atoms with Crippen LogP contribution < -0.4 is 14.9 Å². The smallest absolute Gasteiger partial charge is 0.251 e. The number of aryl methyl sites for hydroxylation is 1. The highest BCUT2D eigenvalue weighted by molar-refractivity contribution is 5.84. The van der Waals surface area contributed by atoms with Gasteiger partial charge in [-0.15, -0.1) is 0 Å². The van der Waals surface area contributed by atoms with E-state index >= 15 is 0 Å². The molecule has 5 rings (SSSR count). The molecule has 3 aromatic rings. The standard InChI is InChI=1S/C28H32N4O4/c1-5-34-22-10-6-20(7-11-22)24-16-26-28(33)31(14-15-32(26)30-24)17-25-19(4)36-27(29-25)21-8-12-23(13-9-21)35-18(2)3/h6-15,18,24,26,30H,5,16-17H2,1-4H3. The molecule has 0 bridgehead atoms. The van der Waals surface area contributed by atoms with E-state index in [2.05, 4.69) is 17.6 Å². The largest absolute Gasteiger partial charge is 0.494 e. The van der Waals surface area contributed by atoms with Crippen LogP contribution >= 0.6 is 0 Å². The van der Waals surface area contributed by atoms with Crippen LogP contribution in [0.3, 0.4) is 0 Å². The molecule has 1 amide bonds. The molecule has 0 saturated carbocycles. The van der Waals surface area contributed by atoms with Crippen molar-refractivity contribution in [3.8, 4) is 23.0 Å². The highest BCUT2D eigenvalue weighted by atomic mass is 16.5. The molecule has 0 aliphatic carbocycles. The van der Waals surface area contributed by atoms with Gasteiger partial charge in [0.05, 0.1) is 25.3 Å². The maximum atomic E-state index is 13.3. The number of ether oxygens (including phenoxy) is 2. The van der Waals surface area contributed by atoms with Crippen LogP contribution in [0.25, 0.3) is 11.5 Å². The Morgan fingerprint density at radius 2 is 1.81 bits per heavy atom. The van der Waals surface area contributed by atoms with E-state index in [9.17, 15) is 4.79 Å². The number of hydrazine groups is 1. The predicted molar refractivity (Wildman–Crippen MR) is 136 cm³/mol. The van der Waals surface area contributed by atoms with Crippen molar-refractivity contribution in [1.82, 2.24) is 20.3 Å². The summed E-state index contributed by atoms with van der Waals surface area (Å²) >= 11 is 0. The topological polar surface area (TPSA) is 80.1 Å². The van der Waals surface area contributed by atoms with Crippen LogP contribution in [-0.2, 0) is 11.3 Å². The fraction of sp³-hybridized carbons (Fsp3) is 0.357. The summed E-state index contributed by atoms with van der Waals surface area (Å²) in [6.07, 6.45) is 4.52. The number of amides is 1. The van der Waals surface area contributed by atoms with Crippen LogP contribution in [0.4, 0.5) is 0 Å². The number of rotatable bonds is 8. The first-order valence-electron chi connectivity index (χ1n) is 12.4. The molecular formula is C28H32N4O4. The number of fused-ring (bicyclic) bond motifs is 1. The molecule has 2 unspecified atom stereocenters. The zero-order valence-corrected chi connectivity index (χ0v) is 21.1.